The molecule has 0 aliphatic heterocycles. The first-order valence-electron chi connectivity index (χ1n) is 10.6. The van der Waals surface area contributed by atoms with Gasteiger partial charge < -0.3 is 9.29 Å². The van der Waals surface area contributed by atoms with E-state index in [0.717, 1.165) is 79.2 Å². The molecule has 8 heteroatoms. The molecule has 2 aromatic rings. The van der Waals surface area contributed by atoms with Crippen molar-refractivity contribution in [2.45, 2.75) is 68.7 Å². The maximum atomic E-state index is 13.0. The maximum absolute atomic E-state index is 13.0. The van der Waals surface area contributed by atoms with Crippen LogP contribution in [0, 0.1) is 0 Å². The Labute approximate surface area is 179 Å². The minimum Gasteiger partial charge on any atom is -0.508 e. The molecule has 0 amide bonds. The Kier molecular flexibility index (Phi) is 4.59. The molecule has 1 N–H and O–H groups in total. The van der Waals surface area contributed by atoms with Crippen molar-refractivity contribution in [3.8, 4) is 22.6 Å². The molecular formula is C23H23F3O4S. The van der Waals surface area contributed by atoms with E-state index in [9.17, 15) is 26.7 Å². The Balaban J connectivity index is 1.70. The third-order valence-electron chi connectivity index (χ3n) is 7.25. The highest BCUT2D eigenvalue weighted by atomic mass is 32.2. The van der Waals surface area contributed by atoms with Crippen LogP contribution < -0.4 is 4.18 Å². The average molecular weight is 452 g/mol. The van der Waals surface area contributed by atoms with Gasteiger partial charge in [-0.05, 0) is 90.3 Å². The van der Waals surface area contributed by atoms with Crippen molar-refractivity contribution in [3.05, 3.63) is 46.5 Å². The first-order chi connectivity index (χ1) is 14.6. The van der Waals surface area contributed by atoms with E-state index in [0.29, 0.717) is 12.0 Å². The summed E-state index contributed by atoms with van der Waals surface area (Å²) in [7, 11) is -5.74. The molecule has 31 heavy (non-hydrogen) atoms. The molecule has 4 nitrogen and oxygen atoms in total. The number of benzene rings is 2. The maximum Gasteiger partial charge on any atom is 0.534 e. The normalized spacial score (nSPS) is 19.6. The Morgan fingerprint density at radius 2 is 1.48 bits per heavy atom. The fourth-order valence-corrected chi connectivity index (χ4v) is 6.40. The lowest BCUT2D eigenvalue weighted by molar-refractivity contribution is -0.0500. The van der Waals surface area contributed by atoms with Gasteiger partial charge in [0.2, 0.25) is 0 Å². The van der Waals surface area contributed by atoms with Crippen LogP contribution in [-0.2, 0) is 34.8 Å². The second-order valence-electron chi connectivity index (χ2n) is 8.88. The number of fused-ring (bicyclic) bond motifs is 3. The number of phenolic OH excluding ortho intramolecular Hbond substituents is 1. The van der Waals surface area contributed by atoms with E-state index in [1.807, 2.05) is 6.07 Å². The molecule has 0 unspecified atom stereocenters. The summed E-state index contributed by atoms with van der Waals surface area (Å²) in [5.41, 5.74) is -0.396. The molecule has 0 heterocycles. The van der Waals surface area contributed by atoms with Crippen molar-refractivity contribution in [1.82, 2.24) is 0 Å². The Morgan fingerprint density at radius 3 is 2.19 bits per heavy atom. The van der Waals surface area contributed by atoms with Gasteiger partial charge in [-0.2, -0.15) is 21.6 Å². The van der Waals surface area contributed by atoms with E-state index in [2.05, 4.69) is 0 Å². The zero-order chi connectivity index (χ0) is 22.0. The molecule has 0 bridgehead atoms. The van der Waals surface area contributed by atoms with Crippen LogP contribution in [0.2, 0.25) is 0 Å². The third kappa shape index (κ3) is 3.13. The highest BCUT2D eigenvalue weighted by molar-refractivity contribution is 7.88. The number of aromatic hydroxyl groups is 1. The van der Waals surface area contributed by atoms with E-state index in [1.165, 1.54) is 6.07 Å². The predicted octanol–water partition coefficient (Wildman–Crippen LogP) is 5.53. The lowest BCUT2D eigenvalue weighted by Crippen LogP contribution is -2.29. The first kappa shape index (κ1) is 20.7. The van der Waals surface area contributed by atoms with E-state index in [-0.39, 0.29) is 16.9 Å². The molecule has 3 aliphatic carbocycles. The lowest BCUT2D eigenvalue weighted by Gasteiger charge is -2.27. The molecule has 0 radical (unpaired) electrons. The highest BCUT2D eigenvalue weighted by Gasteiger charge is 2.51. The van der Waals surface area contributed by atoms with Gasteiger partial charge in [-0.3, -0.25) is 0 Å². The summed E-state index contributed by atoms with van der Waals surface area (Å²) in [6, 6.07) is 6.60. The van der Waals surface area contributed by atoms with E-state index in [1.54, 1.807) is 12.1 Å². The molecule has 5 rings (SSSR count). The zero-order valence-corrected chi connectivity index (χ0v) is 17.7. The summed E-state index contributed by atoms with van der Waals surface area (Å²) in [4.78, 5) is 0. The minimum atomic E-state index is -5.74. The van der Waals surface area contributed by atoms with Gasteiger partial charge in [-0.1, -0.05) is 25.0 Å². The van der Waals surface area contributed by atoms with Crippen LogP contribution in [0.15, 0.2) is 24.3 Å². The van der Waals surface area contributed by atoms with Gasteiger partial charge in [-0.25, -0.2) is 0 Å². The van der Waals surface area contributed by atoms with Crippen LogP contribution in [-0.4, -0.2) is 19.0 Å². The standard InChI is InChI=1S/C23H23F3O4S/c24-23(25,26)31(28,29)30-20-9-7-16(15-6-8-19(27)17-5-3-4-14(15)17)18-10-13-22(21(18)20)11-1-2-12-22/h6-9,27H,1-5,10-13H2. The largest absolute Gasteiger partial charge is 0.534 e. The van der Waals surface area contributed by atoms with Crippen LogP contribution in [0.1, 0.15) is 60.8 Å². The number of rotatable bonds is 3. The molecule has 0 atom stereocenters. The number of alkyl halides is 3. The average Bonchev–Trinajstić information content (AvgIpc) is 3.44. The molecule has 3 aliphatic rings. The topological polar surface area (TPSA) is 63.6 Å². The minimum absolute atomic E-state index is 0.189. The number of phenols is 1. The number of hydrogen-bond donors (Lipinski definition) is 1. The number of hydrogen-bond acceptors (Lipinski definition) is 4. The van der Waals surface area contributed by atoms with Crippen LogP contribution in [0.4, 0.5) is 13.2 Å². The van der Waals surface area contributed by atoms with Gasteiger partial charge in [0.05, 0.1) is 0 Å². The second-order valence-corrected chi connectivity index (χ2v) is 10.4. The molecule has 1 saturated carbocycles. The molecule has 2 aromatic carbocycles. The van der Waals surface area contributed by atoms with Crippen molar-refractivity contribution >= 4 is 10.1 Å². The molecule has 0 aromatic heterocycles. The van der Waals surface area contributed by atoms with Crippen molar-refractivity contribution < 1.29 is 30.9 Å². The van der Waals surface area contributed by atoms with Crippen molar-refractivity contribution in [2.75, 3.05) is 0 Å². The fourth-order valence-electron chi connectivity index (χ4n) is 5.94. The summed E-state index contributed by atoms with van der Waals surface area (Å²) in [5.74, 6) is 0.0854. The second kappa shape index (κ2) is 6.89. The van der Waals surface area contributed by atoms with Gasteiger partial charge in [0, 0.05) is 5.56 Å². The zero-order valence-electron chi connectivity index (χ0n) is 16.9. The van der Waals surface area contributed by atoms with E-state index < -0.39 is 15.6 Å². The van der Waals surface area contributed by atoms with Crippen LogP contribution >= 0.6 is 0 Å². The molecule has 166 valence electrons. The summed E-state index contributed by atoms with van der Waals surface area (Å²) in [6.45, 7) is 0. The van der Waals surface area contributed by atoms with Crippen LogP contribution in [0.25, 0.3) is 11.1 Å². The van der Waals surface area contributed by atoms with Crippen molar-refractivity contribution in [3.63, 3.8) is 0 Å². The van der Waals surface area contributed by atoms with Crippen LogP contribution in [0.5, 0.6) is 11.5 Å². The Hall–Kier alpha value is -2.22. The SMILES string of the molecule is O=S(=O)(Oc1ccc(-c2ccc(O)c3c2CCC3)c2c1C1(CCCC1)CC2)C(F)(F)F. The Bertz CT molecular complexity index is 1160. The monoisotopic (exact) mass is 452 g/mol. The lowest BCUT2D eigenvalue weighted by atomic mass is 9.79. The summed E-state index contributed by atoms with van der Waals surface area (Å²) >= 11 is 0. The smallest absolute Gasteiger partial charge is 0.508 e. The van der Waals surface area contributed by atoms with Crippen molar-refractivity contribution in [2.24, 2.45) is 0 Å². The third-order valence-corrected chi connectivity index (χ3v) is 8.22. The van der Waals surface area contributed by atoms with Crippen molar-refractivity contribution in [1.29, 1.82) is 0 Å². The predicted molar refractivity (Wildman–Crippen MR) is 110 cm³/mol. The van der Waals surface area contributed by atoms with Crippen LogP contribution in [0.3, 0.4) is 0 Å². The molecule has 1 spiro atoms. The quantitative estimate of drug-likeness (QED) is 0.491. The van der Waals surface area contributed by atoms with E-state index >= 15 is 0 Å². The molecule has 1 fully saturated rings. The molecular weight excluding hydrogens is 429 g/mol. The van der Waals surface area contributed by atoms with E-state index in [4.69, 9.17) is 4.18 Å². The van der Waals surface area contributed by atoms with Gasteiger partial charge in [0.1, 0.15) is 11.5 Å². The summed E-state index contributed by atoms with van der Waals surface area (Å²) in [5, 5.41) is 10.2. The molecule has 0 saturated heterocycles. The van der Waals surface area contributed by atoms with Gasteiger partial charge in [0.15, 0.2) is 0 Å². The highest BCUT2D eigenvalue weighted by Crippen LogP contribution is 2.56. The van der Waals surface area contributed by atoms with Gasteiger partial charge in [-0.15, -0.1) is 0 Å². The number of halogens is 3. The first-order valence-corrected chi connectivity index (χ1v) is 12.0. The summed E-state index contributed by atoms with van der Waals surface area (Å²) < 4.78 is 67.4. The van der Waals surface area contributed by atoms with Gasteiger partial charge >= 0.3 is 15.6 Å². The fraction of sp³-hybridized carbons (Fsp3) is 0.478. The summed E-state index contributed by atoms with van der Waals surface area (Å²) in [6.07, 6.45) is 7.58. The van der Waals surface area contributed by atoms with Gasteiger partial charge in [0.25, 0.3) is 0 Å². The Morgan fingerprint density at radius 1 is 0.839 bits per heavy atom.